The highest BCUT2D eigenvalue weighted by Gasteiger charge is 2.59. The number of hydrogen-bond donors (Lipinski definition) is 0. The largest absolute Gasteiger partial charge is 0.342 e. The van der Waals surface area contributed by atoms with Crippen LogP contribution in [0, 0.1) is 24.6 Å². The standard InChI is InChI=1S/C27H26FN7O2/c1-16-19(12-30-35(16)17-7-5-4-6-8-17)26(37)34-14-20-21(15-34)25(20)33(3)27-31-23(11-24(36)32(27)2)18-9-10-29-13-22(18)28/h4-13,20-21,25H,14-15H2,1-3H3/t20-,21+,25?. The third kappa shape index (κ3) is 3.80. The fourth-order valence-electron chi connectivity index (χ4n) is 5.55. The molecular weight excluding hydrogens is 473 g/mol. The topological polar surface area (TPSA) is 89.2 Å². The molecule has 1 saturated heterocycles. The number of piperidine rings is 1. The number of likely N-dealkylation sites (tertiary alicyclic amines) is 1. The molecule has 10 heteroatoms. The number of anilines is 1. The summed E-state index contributed by atoms with van der Waals surface area (Å²) in [4.78, 5) is 38.3. The summed E-state index contributed by atoms with van der Waals surface area (Å²) in [7, 11) is 3.56. The Kier molecular flexibility index (Phi) is 5.40. The van der Waals surface area contributed by atoms with E-state index in [1.54, 1.807) is 17.9 Å². The van der Waals surface area contributed by atoms with Crippen molar-refractivity contribution in [2.75, 3.05) is 25.0 Å². The van der Waals surface area contributed by atoms with E-state index in [2.05, 4.69) is 15.1 Å². The summed E-state index contributed by atoms with van der Waals surface area (Å²) in [6.07, 6.45) is 4.23. The summed E-state index contributed by atoms with van der Waals surface area (Å²) in [6, 6.07) is 12.7. The van der Waals surface area contributed by atoms with Gasteiger partial charge in [0, 0.05) is 62.9 Å². The van der Waals surface area contributed by atoms with Crippen molar-refractivity contribution in [1.29, 1.82) is 0 Å². The molecule has 1 aliphatic carbocycles. The van der Waals surface area contributed by atoms with E-state index in [1.165, 1.54) is 22.9 Å². The number of benzene rings is 1. The average Bonchev–Trinajstić information content (AvgIpc) is 3.20. The molecule has 1 amide bonds. The predicted molar refractivity (Wildman–Crippen MR) is 136 cm³/mol. The molecule has 0 radical (unpaired) electrons. The van der Waals surface area contributed by atoms with Gasteiger partial charge in [0.1, 0.15) is 0 Å². The van der Waals surface area contributed by atoms with E-state index in [0.29, 0.717) is 24.6 Å². The lowest BCUT2D eigenvalue weighted by Crippen LogP contribution is -2.38. The van der Waals surface area contributed by atoms with Crippen molar-refractivity contribution >= 4 is 11.9 Å². The summed E-state index contributed by atoms with van der Waals surface area (Å²) in [5.74, 6) is 0.471. The summed E-state index contributed by atoms with van der Waals surface area (Å²) >= 11 is 0. The Hall–Kier alpha value is -4.34. The van der Waals surface area contributed by atoms with Crippen LogP contribution < -0.4 is 10.5 Å². The van der Waals surface area contributed by atoms with Gasteiger partial charge in [-0.2, -0.15) is 5.10 Å². The molecule has 0 N–H and O–H groups in total. The number of carbonyl (C=O) groups excluding carboxylic acids is 1. The monoisotopic (exact) mass is 499 g/mol. The first-order valence-corrected chi connectivity index (χ1v) is 12.1. The normalized spacial score (nSPS) is 20.1. The van der Waals surface area contributed by atoms with Gasteiger partial charge in [0.05, 0.1) is 35.0 Å². The molecule has 1 aromatic carbocycles. The average molecular weight is 500 g/mol. The lowest BCUT2D eigenvalue weighted by atomic mass is 10.2. The molecule has 9 nitrogen and oxygen atoms in total. The van der Waals surface area contributed by atoms with Gasteiger partial charge in [-0.15, -0.1) is 0 Å². The van der Waals surface area contributed by atoms with E-state index in [1.807, 2.05) is 54.1 Å². The van der Waals surface area contributed by atoms with Crippen molar-refractivity contribution in [1.82, 2.24) is 29.2 Å². The van der Waals surface area contributed by atoms with Gasteiger partial charge in [-0.25, -0.2) is 14.1 Å². The van der Waals surface area contributed by atoms with Crippen molar-refractivity contribution in [3.8, 4) is 16.9 Å². The number of aromatic nitrogens is 5. The zero-order chi connectivity index (χ0) is 25.8. The summed E-state index contributed by atoms with van der Waals surface area (Å²) in [6.45, 7) is 3.16. The predicted octanol–water partition coefficient (Wildman–Crippen LogP) is 2.68. The van der Waals surface area contributed by atoms with Gasteiger partial charge in [0.25, 0.3) is 11.5 Å². The van der Waals surface area contributed by atoms with Crippen LogP contribution in [0.1, 0.15) is 16.1 Å². The number of fused-ring (bicyclic) bond motifs is 1. The highest BCUT2D eigenvalue weighted by Crippen LogP contribution is 2.49. The second kappa shape index (κ2) is 8.65. The molecule has 1 saturated carbocycles. The number of para-hydroxylation sites is 1. The van der Waals surface area contributed by atoms with Crippen LogP contribution in [0.4, 0.5) is 10.3 Å². The summed E-state index contributed by atoms with van der Waals surface area (Å²) in [5.41, 5.74) is 2.57. The Morgan fingerprint density at radius 1 is 1.11 bits per heavy atom. The van der Waals surface area contributed by atoms with Gasteiger partial charge >= 0.3 is 0 Å². The zero-order valence-corrected chi connectivity index (χ0v) is 20.7. The Balaban J connectivity index is 1.19. The summed E-state index contributed by atoms with van der Waals surface area (Å²) in [5, 5.41) is 4.44. The Morgan fingerprint density at radius 2 is 1.84 bits per heavy atom. The number of pyridine rings is 1. The van der Waals surface area contributed by atoms with Crippen LogP contribution in [-0.2, 0) is 7.05 Å². The molecule has 6 rings (SSSR count). The van der Waals surface area contributed by atoms with Gasteiger partial charge < -0.3 is 9.80 Å². The molecule has 1 unspecified atom stereocenters. The molecule has 2 fully saturated rings. The minimum atomic E-state index is -0.528. The van der Waals surface area contributed by atoms with Crippen molar-refractivity contribution in [3.63, 3.8) is 0 Å². The number of rotatable bonds is 5. The molecule has 188 valence electrons. The Labute approximate surface area is 212 Å². The lowest BCUT2D eigenvalue weighted by Gasteiger charge is -2.26. The fourth-order valence-corrected chi connectivity index (χ4v) is 5.55. The highest BCUT2D eigenvalue weighted by molar-refractivity contribution is 5.95. The highest BCUT2D eigenvalue weighted by atomic mass is 19.1. The molecule has 1 aliphatic heterocycles. The van der Waals surface area contributed by atoms with Crippen LogP contribution in [0.2, 0.25) is 0 Å². The van der Waals surface area contributed by atoms with Crippen molar-refractivity contribution in [3.05, 3.63) is 88.5 Å². The number of hydrogen-bond acceptors (Lipinski definition) is 6. The van der Waals surface area contributed by atoms with Gasteiger partial charge in [0.2, 0.25) is 5.95 Å². The lowest BCUT2D eigenvalue weighted by molar-refractivity contribution is 0.0772. The van der Waals surface area contributed by atoms with Gasteiger partial charge in [0.15, 0.2) is 5.82 Å². The van der Waals surface area contributed by atoms with E-state index in [0.717, 1.165) is 17.6 Å². The van der Waals surface area contributed by atoms with Crippen molar-refractivity contribution in [2.24, 2.45) is 18.9 Å². The van der Waals surface area contributed by atoms with E-state index in [9.17, 15) is 14.0 Å². The third-order valence-corrected chi connectivity index (χ3v) is 7.60. The first kappa shape index (κ1) is 23.1. The first-order chi connectivity index (χ1) is 17.8. The fraction of sp³-hybridized carbons (Fsp3) is 0.296. The van der Waals surface area contributed by atoms with Crippen LogP contribution in [0.5, 0.6) is 0 Å². The number of nitrogens with zero attached hydrogens (tertiary/aromatic N) is 7. The molecule has 37 heavy (non-hydrogen) atoms. The van der Waals surface area contributed by atoms with Gasteiger partial charge in [-0.3, -0.25) is 19.1 Å². The Bertz CT molecular complexity index is 1550. The molecule has 0 bridgehead atoms. The minimum absolute atomic E-state index is 0.0195. The van der Waals surface area contributed by atoms with Crippen molar-refractivity contribution < 1.29 is 9.18 Å². The maximum atomic E-state index is 14.3. The van der Waals surface area contributed by atoms with E-state index in [-0.39, 0.29) is 40.6 Å². The first-order valence-electron chi connectivity index (χ1n) is 12.1. The molecule has 3 aromatic heterocycles. The second-order valence-electron chi connectivity index (χ2n) is 9.72. The van der Waals surface area contributed by atoms with E-state index >= 15 is 0 Å². The molecular formula is C27H26FN7O2. The Morgan fingerprint density at radius 3 is 2.54 bits per heavy atom. The quantitative estimate of drug-likeness (QED) is 0.420. The maximum absolute atomic E-state index is 14.3. The SMILES string of the molecule is Cc1c(C(=O)N2C[C@@H]3C(N(C)c4nc(-c5ccncc5F)cc(=O)n4C)[C@@H]3C2)cnn1-c1ccccc1. The number of carbonyl (C=O) groups is 1. The van der Waals surface area contributed by atoms with Gasteiger partial charge in [-0.05, 0) is 25.1 Å². The van der Waals surface area contributed by atoms with Gasteiger partial charge in [-0.1, -0.05) is 18.2 Å². The minimum Gasteiger partial charge on any atom is -0.342 e. The maximum Gasteiger partial charge on any atom is 0.257 e. The number of halogens is 1. The molecule has 4 heterocycles. The number of amides is 1. The van der Waals surface area contributed by atoms with E-state index in [4.69, 9.17) is 0 Å². The molecule has 3 atom stereocenters. The van der Waals surface area contributed by atoms with Crippen molar-refractivity contribution in [2.45, 2.75) is 13.0 Å². The third-order valence-electron chi connectivity index (χ3n) is 7.60. The molecule has 2 aliphatic rings. The smallest absolute Gasteiger partial charge is 0.257 e. The summed E-state index contributed by atoms with van der Waals surface area (Å²) < 4.78 is 17.6. The van der Waals surface area contributed by atoms with Crippen LogP contribution in [-0.4, -0.2) is 61.3 Å². The van der Waals surface area contributed by atoms with Crippen LogP contribution >= 0.6 is 0 Å². The van der Waals surface area contributed by atoms with Crippen LogP contribution in [0.15, 0.2) is 65.8 Å². The van der Waals surface area contributed by atoms with Crippen LogP contribution in [0.3, 0.4) is 0 Å². The van der Waals surface area contributed by atoms with E-state index < -0.39 is 5.82 Å². The second-order valence-corrected chi connectivity index (χ2v) is 9.72. The molecule has 4 aromatic rings. The zero-order valence-electron chi connectivity index (χ0n) is 20.7. The molecule has 0 spiro atoms. The van der Waals surface area contributed by atoms with Crippen LogP contribution in [0.25, 0.3) is 16.9 Å².